The van der Waals surface area contributed by atoms with E-state index < -0.39 is 5.91 Å². The molecule has 0 atom stereocenters. The minimum atomic E-state index is -0.422. The number of rotatable bonds is 10. The van der Waals surface area contributed by atoms with Gasteiger partial charge in [-0.1, -0.05) is 35.3 Å². The fraction of sp³-hybridized carbons (Fsp3) is 0.200. The molecule has 3 aromatic carbocycles. The van der Waals surface area contributed by atoms with Gasteiger partial charge in [0.1, 0.15) is 18.1 Å². The number of aromatic hydroxyl groups is 1. The van der Waals surface area contributed by atoms with E-state index in [1.54, 1.807) is 6.21 Å². The number of halogens is 2. The zero-order valence-electron chi connectivity index (χ0n) is 18.1. The van der Waals surface area contributed by atoms with Gasteiger partial charge in [-0.25, -0.2) is 5.43 Å². The van der Waals surface area contributed by atoms with Crippen LogP contribution in [0.1, 0.15) is 29.9 Å². The van der Waals surface area contributed by atoms with Crippen molar-refractivity contribution in [3.05, 3.63) is 93.0 Å². The third-order valence-electron chi connectivity index (χ3n) is 4.87. The Balaban J connectivity index is 0.00000306. The summed E-state index contributed by atoms with van der Waals surface area (Å²) in [7, 11) is 0. The summed E-state index contributed by atoms with van der Waals surface area (Å²) >= 11 is 11.7. The van der Waals surface area contributed by atoms with Crippen LogP contribution in [0.5, 0.6) is 11.5 Å². The molecular formula is C25H29Cl2N3O3. The summed E-state index contributed by atoms with van der Waals surface area (Å²) in [5.41, 5.74) is 5.81. The standard InChI is InChI=1S/C25H25Cl2N3O3.2H2/c1-17-14-22(33-13-12-28-11-10-18-2-6-21(26)7-3-18)8-4-20(17)16-29-30-25(32)19-5-9-24(31)23(27)15-19;;/h2-9,14-16,28,31H,10-13H2,1H3,(H,30,32);2*1H/b29-16+;;. The van der Waals surface area contributed by atoms with Gasteiger partial charge in [0.05, 0.1) is 11.2 Å². The molecule has 1 amide bonds. The summed E-state index contributed by atoms with van der Waals surface area (Å²) in [6.07, 6.45) is 2.50. The van der Waals surface area contributed by atoms with Crippen molar-refractivity contribution in [1.82, 2.24) is 10.7 Å². The number of aryl methyl sites for hydroxylation is 1. The smallest absolute Gasteiger partial charge is 0.271 e. The van der Waals surface area contributed by atoms with Crippen LogP contribution in [0.3, 0.4) is 0 Å². The van der Waals surface area contributed by atoms with E-state index >= 15 is 0 Å². The van der Waals surface area contributed by atoms with E-state index in [9.17, 15) is 9.90 Å². The second-order valence-corrected chi connectivity index (χ2v) is 8.20. The van der Waals surface area contributed by atoms with E-state index in [1.807, 2.05) is 49.4 Å². The monoisotopic (exact) mass is 489 g/mol. The molecule has 0 radical (unpaired) electrons. The van der Waals surface area contributed by atoms with Crippen LogP contribution >= 0.6 is 23.2 Å². The van der Waals surface area contributed by atoms with Gasteiger partial charge in [0.15, 0.2) is 0 Å². The number of nitrogens with zero attached hydrogens (tertiary/aromatic N) is 1. The van der Waals surface area contributed by atoms with Gasteiger partial charge in [0.25, 0.3) is 5.91 Å². The maximum Gasteiger partial charge on any atom is 0.271 e. The van der Waals surface area contributed by atoms with Gasteiger partial charge < -0.3 is 15.2 Å². The normalized spacial score (nSPS) is 11.0. The highest BCUT2D eigenvalue weighted by Gasteiger charge is 2.07. The fourth-order valence-electron chi connectivity index (χ4n) is 3.01. The molecule has 0 fully saturated rings. The van der Waals surface area contributed by atoms with Crippen molar-refractivity contribution in [2.45, 2.75) is 13.3 Å². The van der Waals surface area contributed by atoms with Crippen LogP contribution in [0.4, 0.5) is 0 Å². The van der Waals surface area contributed by atoms with Crippen LogP contribution < -0.4 is 15.5 Å². The second-order valence-electron chi connectivity index (χ2n) is 7.36. The summed E-state index contributed by atoms with van der Waals surface area (Å²) < 4.78 is 5.80. The Bertz CT molecular complexity index is 1130. The van der Waals surface area contributed by atoms with Gasteiger partial charge >= 0.3 is 0 Å². The van der Waals surface area contributed by atoms with Crippen LogP contribution in [0.15, 0.2) is 65.8 Å². The third-order valence-corrected chi connectivity index (χ3v) is 5.43. The van der Waals surface area contributed by atoms with Gasteiger partial charge in [-0.3, -0.25) is 4.79 Å². The topological polar surface area (TPSA) is 83.0 Å². The average Bonchev–Trinajstić information content (AvgIpc) is 2.80. The first-order valence-electron chi connectivity index (χ1n) is 10.4. The zero-order valence-corrected chi connectivity index (χ0v) is 19.7. The molecule has 0 aliphatic rings. The lowest BCUT2D eigenvalue weighted by Crippen LogP contribution is -2.23. The van der Waals surface area contributed by atoms with Crippen molar-refractivity contribution in [2.24, 2.45) is 5.10 Å². The van der Waals surface area contributed by atoms with Crippen molar-refractivity contribution in [3.63, 3.8) is 0 Å². The molecule has 8 heteroatoms. The number of hydrazone groups is 1. The van der Waals surface area contributed by atoms with Crippen LogP contribution in [0.25, 0.3) is 0 Å². The summed E-state index contributed by atoms with van der Waals surface area (Å²) in [6.45, 7) is 4.10. The molecule has 0 saturated heterocycles. The van der Waals surface area contributed by atoms with E-state index in [1.165, 1.54) is 23.8 Å². The van der Waals surface area contributed by atoms with E-state index in [2.05, 4.69) is 15.8 Å². The minimum Gasteiger partial charge on any atom is -0.506 e. The first-order chi connectivity index (χ1) is 15.9. The van der Waals surface area contributed by atoms with E-state index in [4.69, 9.17) is 27.9 Å². The predicted molar refractivity (Wildman–Crippen MR) is 137 cm³/mol. The molecule has 0 unspecified atom stereocenters. The van der Waals surface area contributed by atoms with E-state index in [-0.39, 0.29) is 13.6 Å². The number of phenols is 1. The molecule has 33 heavy (non-hydrogen) atoms. The summed E-state index contributed by atoms with van der Waals surface area (Å²) in [6, 6.07) is 17.7. The number of benzene rings is 3. The number of nitrogens with one attached hydrogen (secondary N) is 2. The van der Waals surface area contributed by atoms with Crippen LogP contribution in [-0.4, -0.2) is 36.9 Å². The number of carbonyl (C=O) groups is 1. The molecule has 0 saturated carbocycles. The largest absolute Gasteiger partial charge is 0.506 e. The number of phenolic OH excluding ortho intramolecular Hbond substituents is 1. The molecular weight excluding hydrogens is 461 g/mol. The van der Waals surface area contributed by atoms with Gasteiger partial charge in [0, 0.05) is 20.0 Å². The molecule has 3 rings (SSSR count). The first-order valence-corrected chi connectivity index (χ1v) is 11.2. The lowest BCUT2D eigenvalue weighted by atomic mass is 10.1. The Morgan fingerprint density at radius 2 is 1.88 bits per heavy atom. The van der Waals surface area contributed by atoms with Crippen molar-refractivity contribution in [1.29, 1.82) is 0 Å². The van der Waals surface area contributed by atoms with E-state index in [0.29, 0.717) is 12.2 Å². The zero-order chi connectivity index (χ0) is 23.6. The number of amides is 1. The minimum absolute atomic E-state index is 0. The number of carbonyl (C=O) groups excluding carboxylic acids is 1. The highest BCUT2D eigenvalue weighted by Crippen LogP contribution is 2.23. The van der Waals surface area contributed by atoms with E-state index in [0.717, 1.165) is 41.4 Å². The Morgan fingerprint density at radius 3 is 2.61 bits per heavy atom. The second kappa shape index (κ2) is 12.3. The molecule has 0 spiro atoms. The molecule has 3 N–H and O–H groups in total. The number of hydrogen-bond donors (Lipinski definition) is 3. The molecule has 0 heterocycles. The van der Waals surface area contributed by atoms with Crippen molar-refractivity contribution in [3.8, 4) is 11.5 Å². The van der Waals surface area contributed by atoms with Gasteiger partial charge in [-0.15, -0.1) is 0 Å². The lowest BCUT2D eigenvalue weighted by Gasteiger charge is -2.09. The summed E-state index contributed by atoms with van der Waals surface area (Å²) in [5.74, 6) is 0.268. The van der Waals surface area contributed by atoms with Crippen molar-refractivity contribution >= 4 is 35.3 Å². The Hall–Kier alpha value is -3.06. The molecule has 176 valence electrons. The Labute approximate surface area is 206 Å². The molecule has 0 bridgehead atoms. The van der Waals surface area contributed by atoms with Crippen molar-refractivity contribution in [2.75, 3.05) is 19.7 Å². The average molecular weight is 490 g/mol. The lowest BCUT2D eigenvalue weighted by molar-refractivity contribution is 0.0955. The van der Waals surface area contributed by atoms with Crippen LogP contribution in [0.2, 0.25) is 10.0 Å². The molecule has 0 aliphatic heterocycles. The Kier molecular flexibility index (Phi) is 9.13. The highest BCUT2D eigenvalue weighted by molar-refractivity contribution is 6.32. The highest BCUT2D eigenvalue weighted by atomic mass is 35.5. The number of ether oxygens (including phenoxy) is 1. The van der Waals surface area contributed by atoms with Gasteiger partial charge in [0.2, 0.25) is 0 Å². The summed E-state index contributed by atoms with van der Waals surface area (Å²) in [5, 5.41) is 17.6. The van der Waals surface area contributed by atoms with Gasteiger partial charge in [-0.05, 0) is 85.1 Å². The maximum absolute atomic E-state index is 12.1. The molecule has 0 aromatic heterocycles. The quantitative estimate of drug-likeness (QED) is 0.200. The SMILES string of the molecule is Cc1cc(OCCNCCc2ccc(Cl)cc2)ccc1/C=N/NC(=O)c1ccc(O)c(Cl)c1.[HH].[HH]. The van der Waals surface area contributed by atoms with Crippen LogP contribution in [-0.2, 0) is 6.42 Å². The fourth-order valence-corrected chi connectivity index (χ4v) is 3.31. The first kappa shape index (κ1) is 24.6. The predicted octanol–water partition coefficient (Wildman–Crippen LogP) is 5.47. The summed E-state index contributed by atoms with van der Waals surface area (Å²) in [4.78, 5) is 12.1. The molecule has 6 nitrogen and oxygen atoms in total. The molecule has 0 aliphatic carbocycles. The van der Waals surface area contributed by atoms with Crippen LogP contribution in [0, 0.1) is 6.92 Å². The maximum atomic E-state index is 12.1. The Morgan fingerprint density at radius 1 is 1.09 bits per heavy atom. The number of hydrogen-bond acceptors (Lipinski definition) is 5. The third kappa shape index (κ3) is 7.79. The van der Waals surface area contributed by atoms with Crippen molar-refractivity contribution < 1.29 is 17.5 Å². The van der Waals surface area contributed by atoms with Gasteiger partial charge in [-0.2, -0.15) is 5.10 Å². The molecule has 3 aromatic rings.